The Morgan fingerprint density at radius 3 is 1.69 bits per heavy atom. The normalized spacial score (nSPS) is 52.3. The van der Waals surface area contributed by atoms with E-state index in [1.54, 1.807) is 6.92 Å². The first-order valence-corrected chi connectivity index (χ1v) is 32.9. The Bertz CT molecular complexity index is 2630. The standard InChI is InChI=1S/C64H104O29/c1-10-26(2)53(82)83-24-33-52(93-58-50(80)43(73)40(70)30(20-65)87-58)46(76)51(81)57(90-33)92-38-19-64(25-66)28(17-59(38,3)4)27-11-12-35-61(7)15-14-37(60(5,6)34(61)13-16-62(35,8)63(27,9)18-36(64)68)91-56-49(79)45(75)42(72)32(89-56)23-86-55-48(78)44(74)41(71)31(88-55)22-85-54-47(77)39(69)29(67)21-84-54/h10-11,28-52,54-58,65-81H,12-25H2,1-9H3/b26-10+/t28-,29+,30+,31+,32+,33+,34-,35+,36-,37-,38-,39-,40+,41+,42+,43-,44-,45-,46+,47+,48+,49+,50+,51+,52+,54-,55+,56-,57-,58-,61-,62+,63+,64+/m0/s1. The minimum atomic E-state index is -1.88. The van der Waals surface area contributed by atoms with Gasteiger partial charge in [0.05, 0.1) is 51.3 Å². The molecule has 29 nitrogen and oxygen atoms in total. The van der Waals surface area contributed by atoms with Gasteiger partial charge in [0, 0.05) is 11.0 Å². The molecule has 0 aromatic rings. The molecule has 10 aliphatic rings. The van der Waals surface area contributed by atoms with Gasteiger partial charge in [-0.3, -0.25) is 0 Å². The molecule has 534 valence electrons. The number of rotatable bonds is 17. The van der Waals surface area contributed by atoms with Crippen LogP contribution in [-0.2, 0) is 56.9 Å². The summed E-state index contributed by atoms with van der Waals surface area (Å²) in [4.78, 5) is 12.9. The van der Waals surface area contributed by atoms with Gasteiger partial charge in [-0.1, -0.05) is 66.2 Å². The number of hydrogen-bond donors (Lipinski definition) is 17. The summed E-state index contributed by atoms with van der Waals surface area (Å²) >= 11 is 0. The van der Waals surface area contributed by atoms with Crippen molar-refractivity contribution in [1.82, 2.24) is 0 Å². The van der Waals surface area contributed by atoms with Crippen LogP contribution in [0.5, 0.6) is 0 Å². The zero-order valence-electron chi connectivity index (χ0n) is 54.4. The largest absolute Gasteiger partial charge is 0.459 e. The van der Waals surface area contributed by atoms with Crippen LogP contribution in [0.3, 0.4) is 0 Å². The number of esters is 1. The second-order valence-corrected chi connectivity index (χ2v) is 30.3. The van der Waals surface area contributed by atoms with Gasteiger partial charge >= 0.3 is 5.97 Å². The minimum Gasteiger partial charge on any atom is -0.459 e. The van der Waals surface area contributed by atoms with Crippen LogP contribution in [0.4, 0.5) is 0 Å². The van der Waals surface area contributed by atoms with Gasteiger partial charge in [0.1, 0.15) is 123 Å². The van der Waals surface area contributed by atoms with Crippen molar-refractivity contribution in [2.75, 3.05) is 39.6 Å². The average Bonchev–Trinajstić information content (AvgIpc) is 0.674. The molecular formula is C64H104O29. The van der Waals surface area contributed by atoms with Gasteiger partial charge in [0.25, 0.3) is 0 Å². The lowest BCUT2D eigenvalue weighted by Gasteiger charge is -2.72. The molecule has 5 aliphatic carbocycles. The number of aliphatic hydroxyl groups is 17. The molecule has 0 amide bonds. The quantitative estimate of drug-likeness (QED) is 0.0289. The van der Waals surface area contributed by atoms with Crippen LogP contribution in [0, 0.1) is 50.2 Å². The van der Waals surface area contributed by atoms with Gasteiger partial charge in [-0.05, 0) is 110 Å². The van der Waals surface area contributed by atoms with E-state index in [4.69, 9.17) is 52.1 Å². The Labute approximate surface area is 540 Å². The predicted octanol–water partition coefficient (Wildman–Crippen LogP) is -3.64. The van der Waals surface area contributed by atoms with Gasteiger partial charge < -0.3 is 139 Å². The molecule has 0 aromatic carbocycles. The number of fused-ring (bicyclic) bond motifs is 7. The lowest BCUT2D eigenvalue weighted by molar-refractivity contribution is -0.368. The van der Waals surface area contributed by atoms with Crippen molar-refractivity contribution >= 4 is 5.97 Å². The molecule has 29 heteroatoms. The maximum atomic E-state index is 12.9. The molecule has 0 unspecified atom stereocenters. The Hall–Kier alpha value is -2.13. The molecular weight excluding hydrogens is 1230 g/mol. The fraction of sp³-hybridized carbons (Fsp3) is 0.922. The lowest BCUT2D eigenvalue weighted by atomic mass is 9.33. The van der Waals surface area contributed by atoms with Crippen molar-refractivity contribution in [3.05, 3.63) is 23.3 Å². The van der Waals surface area contributed by atoms with Crippen molar-refractivity contribution in [3.8, 4) is 0 Å². The van der Waals surface area contributed by atoms with E-state index in [9.17, 15) is 91.6 Å². The lowest BCUT2D eigenvalue weighted by Crippen LogP contribution is -2.69. The highest BCUT2D eigenvalue weighted by Crippen LogP contribution is 2.76. The Kier molecular flexibility index (Phi) is 22.0. The highest BCUT2D eigenvalue weighted by molar-refractivity contribution is 5.87. The molecule has 9 fully saturated rings. The first-order valence-electron chi connectivity index (χ1n) is 32.9. The van der Waals surface area contributed by atoms with Crippen molar-refractivity contribution in [2.45, 2.75) is 279 Å². The number of allylic oxidation sites excluding steroid dienone is 3. The molecule has 0 bridgehead atoms. The highest BCUT2D eigenvalue weighted by atomic mass is 16.8. The maximum absolute atomic E-state index is 12.9. The summed E-state index contributed by atoms with van der Waals surface area (Å²) in [5.74, 6) is -0.902. The fourth-order valence-electron chi connectivity index (χ4n) is 18.2. The predicted molar refractivity (Wildman–Crippen MR) is 315 cm³/mol. The zero-order valence-corrected chi connectivity index (χ0v) is 54.4. The van der Waals surface area contributed by atoms with Crippen LogP contribution in [-0.4, -0.2) is 298 Å². The molecule has 0 spiro atoms. The van der Waals surface area contributed by atoms with Crippen molar-refractivity contribution in [3.63, 3.8) is 0 Å². The molecule has 0 radical (unpaired) electrons. The van der Waals surface area contributed by atoms with Crippen LogP contribution < -0.4 is 0 Å². The van der Waals surface area contributed by atoms with Crippen LogP contribution in [0.1, 0.15) is 114 Å². The van der Waals surface area contributed by atoms with E-state index in [0.29, 0.717) is 32.1 Å². The highest BCUT2D eigenvalue weighted by Gasteiger charge is 2.71. The van der Waals surface area contributed by atoms with E-state index in [1.165, 1.54) is 13.0 Å². The Balaban J connectivity index is 0.813. The number of carbonyl (C=O) groups excluding carboxylic acids is 1. The number of carbonyl (C=O) groups is 1. The fourth-order valence-corrected chi connectivity index (χ4v) is 18.2. The first kappa shape index (κ1) is 73.6. The molecule has 5 saturated heterocycles. The van der Waals surface area contributed by atoms with Gasteiger partial charge in [-0.25, -0.2) is 4.79 Å². The van der Waals surface area contributed by atoms with Crippen LogP contribution in [0.25, 0.3) is 0 Å². The van der Waals surface area contributed by atoms with Crippen molar-refractivity contribution in [2.24, 2.45) is 50.2 Å². The molecule has 0 aromatic heterocycles. The second-order valence-electron chi connectivity index (χ2n) is 30.3. The second kappa shape index (κ2) is 27.8. The number of hydrogen-bond acceptors (Lipinski definition) is 29. The SMILES string of the molecule is C/C=C(\C)C(=O)OC[C@H]1O[C@@H](O[C@H]2C[C@]3(CO)[C@@H](O)C[C@]4(C)C(=CC[C@@H]5[C@@]6(C)CC[C@H](O[C@@H]7O[C@H](CO[C@@H]8O[C@H](CO[C@@H]9OC[C@@H](O)[C@H](O)[C@H]9O)[C@@H](O)[C@H](O)[C@H]8O)[C@@H](O)[C@H](O)[C@H]7O)C(C)(C)[C@@H]6CC[C@]54C)[C@@H]3CC2(C)C)[C@H](O)[C@@H](O)[C@@H]1O[C@@H]1O[C@H](CO)[C@@H](O)[C@H](O)[C@H]1O. The van der Waals surface area contributed by atoms with Gasteiger partial charge in [0.15, 0.2) is 31.5 Å². The van der Waals surface area contributed by atoms with E-state index in [-0.39, 0.29) is 47.2 Å². The third-order valence-corrected chi connectivity index (χ3v) is 24.4. The van der Waals surface area contributed by atoms with E-state index in [0.717, 1.165) is 18.4 Å². The van der Waals surface area contributed by atoms with E-state index in [1.807, 2.05) is 13.8 Å². The Morgan fingerprint density at radius 2 is 1.09 bits per heavy atom. The summed E-state index contributed by atoms with van der Waals surface area (Å²) in [5.41, 5.74) is -2.24. The molecule has 93 heavy (non-hydrogen) atoms. The third-order valence-electron chi connectivity index (χ3n) is 24.4. The molecule has 34 atom stereocenters. The van der Waals surface area contributed by atoms with E-state index < -0.39 is 226 Å². The molecule has 10 rings (SSSR count). The minimum absolute atomic E-state index is 0.0509. The smallest absolute Gasteiger partial charge is 0.333 e. The summed E-state index contributed by atoms with van der Waals surface area (Å²) in [7, 11) is 0. The van der Waals surface area contributed by atoms with Crippen LogP contribution in [0.15, 0.2) is 23.3 Å². The third kappa shape index (κ3) is 12.9. The number of ether oxygens (including phenoxy) is 11. The topological polar surface area (TPSA) is 463 Å². The summed E-state index contributed by atoms with van der Waals surface area (Å²) in [5, 5.41) is 186. The molecule has 5 heterocycles. The molecule has 17 N–H and O–H groups in total. The van der Waals surface area contributed by atoms with Crippen LogP contribution in [0.2, 0.25) is 0 Å². The summed E-state index contributed by atoms with van der Waals surface area (Å²) in [6.07, 6.45) is -33.6. The summed E-state index contributed by atoms with van der Waals surface area (Å²) in [6.45, 7) is 15.1. The Morgan fingerprint density at radius 1 is 0.559 bits per heavy atom. The summed E-state index contributed by atoms with van der Waals surface area (Å²) in [6, 6.07) is 0. The first-order chi connectivity index (χ1) is 43.6. The number of aliphatic hydroxyl groups excluding tert-OH is 17. The van der Waals surface area contributed by atoms with Crippen LogP contribution >= 0.6 is 0 Å². The van der Waals surface area contributed by atoms with Gasteiger partial charge in [-0.2, -0.15) is 0 Å². The van der Waals surface area contributed by atoms with Crippen molar-refractivity contribution < 1.29 is 144 Å². The molecule has 4 saturated carbocycles. The van der Waals surface area contributed by atoms with Crippen molar-refractivity contribution in [1.29, 1.82) is 0 Å². The zero-order chi connectivity index (χ0) is 68.1. The molecule has 5 aliphatic heterocycles. The van der Waals surface area contributed by atoms with Gasteiger partial charge in [-0.15, -0.1) is 0 Å². The maximum Gasteiger partial charge on any atom is 0.333 e. The monoisotopic (exact) mass is 1340 g/mol. The van der Waals surface area contributed by atoms with Gasteiger partial charge in [0.2, 0.25) is 0 Å². The van der Waals surface area contributed by atoms with E-state index >= 15 is 0 Å². The average molecular weight is 1340 g/mol. The van der Waals surface area contributed by atoms with E-state index in [2.05, 4.69) is 40.7 Å². The summed E-state index contributed by atoms with van der Waals surface area (Å²) < 4.78 is 65.3.